The number of nitrogens with zero attached hydrogens (tertiary/aromatic N) is 7. The van der Waals surface area contributed by atoms with Gasteiger partial charge in [-0.25, -0.2) is 9.97 Å². The fourth-order valence-electron chi connectivity index (χ4n) is 3.15. The van der Waals surface area contributed by atoms with E-state index in [1.807, 2.05) is 10.8 Å². The highest BCUT2D eigenvalue weighted by Gasteiger charge is 2.35. The molecular weight excluding hydrogens is 292 g/mol. The van der Waals surface area contributed by atoms with Crippen LogP contribution in [0.3, 0.4) is 0 Å². The molecule has 1 N–H and O–H groups in total. The van der Waals surface area contributed by atoms with Gasteiger partial charge in [-0.15, -0.1) is 10.2 Å². The maximum absolute atomic E-state index is 4.81. The molecule has 0 fully saturated rings. The topological polar surface area (TPSA) is 88.4 Å². The molecule has 23 heavy (non-hydrogen) atoms. The Balaban J connectivity index is 1.94. The van der Waals surface area contributed by atoms with E-state index >= 15 is 0 Å². The Bertz CT molecular complexity index is 820. The number of nitrogens with one attached hydrogen (secondary N) is 1. The highest BCUT2D eigenvalue weighted by atomic mass is 15.4. The van der Waals surface area contributed by atoms with Crippen LogP contribution in [0.5, 0.6) is 0 Å². The molecule has 1 aliphatic heterocycles. The molecule has 0 aliphatic carbocycles. The lowest BCUT2D eigenvalue weighted by molar-refractivity contribution is 0.497. The molecule has 0 spiro atoms. The number of aromatic nitrogens is 7. The Hall–Kier alpha value is -2.77. The van der Waals surface area contributed by atoms with Crippen molar-refractivity contribution in [1.82, 2.24) is 34.9 Å². The lowest BCUT2D eigenvalue weighted by Gasteiger charge is -2.39. The van der Waals surface area contributed by atoms with Gasteiger partial charge < -0.3 is 4.90 Å². The van der Waals surface area contributed by atoms with Crippen LogP contribution in [0, 0.1) is 0 Å². The first-order valence-corrected chi connectivity index (χ1v) is 7.75. The van der Waals surface area contributed by atoms with E-state index in [2.05, 4.69) is 51.0 Å². The molecule has 1 atom stereocenters. The number of anilines is 1. The lowest BCUT2D eigenvalue weighted by atomic mass is 10.1. The Morgan fingerprint density at radius 2 is 2.17 bits per heavy atom. The summed E-state index contributed by atoms with van der Waals surface area (Å²) in [5, 5.41) is 15.2. The third kappa shape index (κ3) is 2.01. The van der Waals surface area contributed by atoms with Gasteiger partial charge in [-0.05, 0) is 20.3 Å². The number of rotatable bonds is 3. The van der Waals surface area contributed by atoms with Crippen LogP contribution in [0.4, 0.5) is 5.82 Å². The molecule has 0 bridgehead atoms. The van der Waals surface area contributed by atoms with Crippen LogP contribution in [-0.2, 0) is 0 Å². The largest absolute Gasteiger partial charge is 0.342 e. The second kappa shape index (κ2) is 5.15. The molecule has 0 saturated carbocycles. The first-order chi connectivity index (χ1) is 11.2. The van der Waals surface area contributed by atoms with Gasteiger partial charge >= 0.3 is 0 Å². The van der Waals surface area contributed by atoms with E-state index in [4.69, 9.17) is 4.98 Å². The maximum atomic E-state index is 4.81. The van der Waals surface area contributed by atoms with E-state index in [1.54, 1.807) is 18.7 Å². The normalized spacial score (nSPS) is 16.5. The molecule has 3 aromatic heterocycles. The average Bonchev–Trinajstić information content (AvgIpc) is 3.23. The summed E-state index contributed by atoms with van der Waals surface area (Å²) in [5.41, 5.74) is 1.79. The predicted octanol–water partition coefficient (Wildman–Crippen LogP) is 2.13. The van der Waals surface area contributed by atoms with Crippen LogP contribution < -0.4 is 4.90 Å². The summed E-state index contributed by atoms with van der Waals surface area (Å²) in [7, 11) is 0. The molecule has 0 saturated heterocycles. The van der Waals surface area contributed by atoms with Crippen LogP contribution in [0.25, 0.3) is 17.1 Å². The van der Waals surface area contributed by atoms with Gasteiger partial charge in [0.2, 0.25) is 0 Å². The zero-order chi connectivity index (χ0) is 16.0. The molecular formula is C15H18N8. The molecule has 118 valence electrons. The molecule has 4 rings (SSSR count). The van der Waals surface area contributed by atoms with Crippen molar-refractivity contribution in [2.75, 3.05) is 4.90 Å². The Morgan fingerprint density at radius 1 is 1.30 bits per heavy atom. The van der Waals surface area contributed by atoms with E-state index in [0.29, 0.717) is 5.82 Å². The zero-order valence-electron chi connectivity index (χ0n) is 13.3. The molecule has 8 heteroatoms. The SMILES string of the molecule is CC[C@@H]1c2nncn2-c2cnc(-c3cn[nH]c3)nc2N1C(C)C. The highest BCUT2D eigenvalue weighted by Crippen LogP contribution is 2.39. The van der Waals surface area contributed by atoms with Gasteiger partial charge in [-0.1, -0.05) is 6.92 Å². The summed E-state index contributed by atoms with van der Waals surface area (Å²) >= 11 is 0. The Labute approximate surface area is 133 Å². The number of hydrogen-bond acceptors (Lipinski definition) is 6. The van der Waals surface area contributed by atoms with E-state index < -0.39 is 0 Å². The molecule has 8 nitrogen and oxygen atoms in total. The van der Waals surface area contributed by atoms with Crippen molar-refractivity contribution in [2.24, 2.45) is 0 Å². The van der Waals surface area contributed by atoms with Crippen LogP contribution in [-0.4, -0.2) is 41.0 Å². The summed E-state index contributed by atoms with van der Waals surface area (Å²) < 4.78 is 1.99. The van der Waals surface area contributed by atoms with Gasteiger partial charge in [0, 0.05) is 12.2 Å². The van der Waals surface area contributed by atoms with E-state index in [9.17, 15) is 0 Å². The third-order valence-corrected chi connectivity index (χ3v) is 4.16. The predicted molar refractivity (Wildman–Crippen MR) is 85.2 cm³/mol. The van der Waals surface area contributed by atoms with Crippen molar-refractivity contribution in [2.45, 2.75) is 39.3 Å². The summed E-state index contributed by atoms with van der Waals surface area (Å²) in [6.07, 6.45) is 8.02. The summed E-state index contributed by atoms with van der Waals surface area (Å²) in [5.74, 6) is 2.51. The summed E-state index contributed by atoms with van der Waals surface area (Å²) in [6, 6.07) is 0.438. The van der Waals surface area contributed by atoms with Crippen LogP contribution in [0.1, 0.15) is 39.1 Å². The molecule has 0 aromatic carbocycles. The standard InChI is InChI=1S/C15H18N8/c1-4-11-15-21-19-8-22(15)12-7-16-13(10-5-17-18-6-10)20-14(12)23(11)9(2)3/h5-9,11H,4H2,1-3H3,(H,17,18)/t11-/m1/s1. The van der Waals surface area contributed by atoms with Crippen molar-refractivity contribution in [3.05, 3.63) is 30.7 Å². The number of fused-ring (bicyclic) bond motifs is 3. The van der Waals surface area contributed by atoms with Crippen molar-refractivity contribution < 1.29 is 0 Å². The lowest BCUT2D eigenvalue weighted by Crippen LogP contribution is -2.40. The molecule has 0 radical (unpaired) electrons. The summed E-state index contributed by atoms with van der Waals surface area (Å²) in [6.45, 7) is 6.48. The van der Waals surface area contributed by atoms with Gasteiger partial charge in [0.15, 0.2) is 17.5 Å². The van der Waals surface area contributed by atoms with Gasteiger partial charge in [0.25, 0.3) is 0 Å². The van der Waals surface area contributed by atoms with Crippen molar-refractivity contribution >= 4 is 5.82 Å². The second-order valence-corrected chi connectivity index (χ2v) is 5.87. The molecule has 1 aliphatic rings. The highest BCUT2D eigenvalue weighted by molar-refractivity contribution is 5.65. The van der Waals surface area contributed by atoms with E-state index in [-0.39, 0.29) is 12.1 Å². The van der Waals surface area contributed by atoms with Gasteiger partial charge in [-0.3, -0.25) is 9.67 Å². The molecule has 0 unspecified atom stereocenters. The molecule has 3 aromatic rings. The smallest absolute Gasteiger partial charge is 0.164 e. The van der Waals surface area contributed by atoms with Crippen molar-refractivity contribution in [3.8, 4) is 17.1 Å². The maximum Gasteiger partial charge on any atom is 0.164 e. The monoisotopic (exact) mass is 310 g/mol. The first kappa shape index (κ1) is 13.9. The van der Waals surface area contributed by atoms with Crippen LogP contribution >= 0.6 is 0 Å². The van der Waals surface area contributed by atoms with Crippen molar-refractivity contribution in [1.29, 1.82) is 0 Å². The van der Waals surface area contributed by atoms with E-state index in [0.717, 1.165) is 29.3 Å². The minimum Gasteiger partial charge on any atom is -0.342 e. The zero-order valence-corrected chi connectivity index (χ0v) is 13.3. The minimum absolute atomic E-state index is 0.150. The van der Waals surface area contributed by atoms with Gasteiger partial charge in [-0.2, -0.15) is 5.10 Å². The Morgan fingerprint density at radius 3 is 2.87 bits per heavy atom. The van der Waals surface area contributed by atoms with Gasteiger partial charge in [0.1, 0.15) is 12.0 Å². The number of H-pyrrole nitrogens is 1. The quantitative estimate of drug-likeness (QED) is 0.797. The minimum atomic E-state index is 0.150. The van der Waals surface area contributed by atoms with E-state index in [1.165, 1.54) is 0 Å². The third-order valence-electron chi connectivity index (χ3n) is 4.16. The Kier molecular flexibility index (Phi) is 3.10. The van der Waals surface area contributed by atoms with Gasteiger partial charge in [0.05, 0.1) is 24.0 Å². The number of aromatic amines is 1. The van der Waals surface area contributed by atoms with Crippen LogP contribution in [0.2, 0.25) is 0 Å². The number of hydrogen-bond donors (Lipinski definition) is 1. The molecule has 4 heterocycles. The average molecular weight is 310 g/mol. The molecule has 0 amide bonds. The fraction of sp³-hybridized carbons (Fsp3) is 0.400. The van der Waals surface area contributed by atoms with Crippen LogP contribution in [0.15, 0.2) is 24.9 Å². The first-order valence-electron chi connectivity index (χ1n) is 7.75. The fourth-order valence-corrected chi connectivity index (χ4v) is 3.15. The second-order valence-electron chi connectivity index (χ2n) is 5.87. The summed E-state index contributed by atoms with van der Waals surface area (Å²) in [4.78, 5) is 11.6. The van der Waals surface area contributed by atoms with Crippen molar-refractivity contribution in [3.63, 3.8) is 0 Å².